The maximum absolute atomic E-state index is 3.80. The van der Waals surface area contributed by atoms with Crippen LogP contribution >= 0.6 is 0 Å². The predicted octanol–water partition coefficient (Wildman–Crippen LogP) is -3.87. The van der Waals surface area contributed by atoms with Gasteiger partial charge in [-0.25, -0.2) is 0 Å². The first-order valence-corrected chi connectivity index (χ1v) is 5.59. The topological polar surface area (TPSA) is 15.8 Å². The van der Waals surface area contributed by atoms with Gasteiger partial charge in [0.05, 0.1) is 0 Å². The van der Waals surface area contributed by atoms with E-state index in [4.69, 9.17) is 0 Å². The Balaban J connectivity index is 0. The number of halogens is 2. The minimum absolute atomic E-state index is 0. The SMILES string of the molecule is C=C1[C-]=c2ccccc2=C1.Cc1[c-][nH]cc1C.[Cl-].[Cl-].[Ti+4]. The summed E-state index contributed by atoms with van der Waals surface area (Å²) in [5, 5.41) is 2.39. The number of allylic oxidation sites excluding steroid dienone is 1. The quantitative estimate of drug-likeness (QED) is 0.373. The van der Waals surface area contributed by atoms with Gasteiger partial charge in [-0.1, -0.05) is 32.0 Å². The number of H-pyrrole nitrogens is 1. The number of aromatic amines is 1. The Morgan fingerprint density at radius 1 is 1.10 bits per heavy atom. The van der Waals surface area contributed by atoms with Crippen LogP contribution in [0.25, 0.3) is 12.2 Å². The van der Waals surface area contributed by atoms with Crippen molar-refractivity contribution in [3.05, 3.63) is 70.4 Å². The first-order chi connectivity index (χ1) is 8.16. The normalized spacial score (nSPS) is 10.2. The summed E-state index contributed by atoms with van der Waals surface area (Å²) in [7, 11) is 0. The van der Waals surface area contributed by atoms with Crippen molar-refractivity contribution >= 4 is 12.2 Å². The number of hydrogen-bond acceptors (Lipinski definition) is 0. The number of fused-ring (bicyclic) bond motifs is 1. The van der Waals surface area contributed by atoms with Gasteiger partial charge in [0.2, 0.25) is 0 Å². The van der Waals surface area contributed by atoms with Crippen molar-refractivity contribution in [1.82, 2.24) is 4.98 Å². The van der Waals surface area contributed by atoms with Gasteiger partial charge >= 0.3 is 21.7 Å². The third kappa shape index (κ3) is 5.72. The van der Waals surface area contributed by atoms with Gasteiger partial charge in [0.1, 0.15) is 0 Å². The van der Waals surface area contributed by atoms with E-state index in [2.05, 4.69) is 36.8 Å². The summed E-state index contributed by atoms with van der Waals surface area (Å²) in [6.07, 6.45) is 10.1. The fourth-order valence-electron chi connectivity index (χ4n) is 1.59. The summed E-state index contributed by atoms with van der Waals surface area (Å²) < 4.78 is 0. The molecule has 4 heteroatoms. The van der Waals surface area contributed by atoms with Crippen LogP contribution in [-0.2, 0) is 21.7 Å². The number of aryl methyl sites for hydroxylation is 2. The Labute approximate surface area is 147 Å². The van der Waals surface area contributed by atoms with Crippen molar-refractivity contribution < 1.29 is 46.5 Å². The van der Waals surface area contributed by atoms with Gasteiger partial charge in [0.15, 0.2) is 0 Å². The van der Waals surface area contributed by atoms with Crippen LogP contribution < -0.4 is 35.3 Å². The van der Waals surface area contributed by atoms with Crippen LogP contribution in [0, 0.1) is 20.0 Å². The van der Waals surface area contributed by atoms with E-state index < -0.39 is 0 Å². The molecule has 1 aliphatic rings. The van der Waals surface area contributed by atoms with Gasteiger partial charge < -0.3 is 29.8 Å². The Bertz CT molecular complexity index is 606. The van der Waals surface area contributed by atoms with E-state index in [1.165, 1.54) is 16.3 Å². The Morgan fingerprint density at radius 2 is 1.75 bits per heavy atom. The average molecular weight is 340 g/mol. The zero-order valence-corrected chi connectivity index (χ0v) is 14.5. The number of hydrogen-bond donors (Lipinski definition) is 1. The molecule has 0 fully saturated rings. The van der Waals surface area contributed by atoms with Gasteiger partial charge in [0, 0.05) is 0 Å². The number of benzene rings is 1. The predicted molar refractivity (Wildman–Crippen MR) is 71.8 cm³/mol. The molecule has 20 heavy (non-hydrogen) atoms. The van der Waals surface area contributed by atoms with Crippen LogP contribution in [0.3, 0.4) is 0 Å². The summed E-state index contributed by atoms with van der Waals surface area (Å²) in [4.78, 5) is 2.87. The van der Waals surface area contributed by atoms with Crippen LogP contribution in [0.5, 0.6) is 0 Å². The summed E-state index contributed by atoms with van der Waals surface area (Å²) in [6.45, 7) is 7.89. The fourth-order valence-corrected chi connectivity index (χ4v) is 1.59. The molecule has 0 aliphatic heterocycles. The second-order valence-corrected chi connectivity index (χ2v) is 4.10. The molecule has 3 rings (SSSR count). The molecule has 1 nitrogen and oxygen atoms in total. The van der Waals surface area contributed by atoms with Crippen molar-refractivity contribution in [2.24, 2.45) is 0 Å². The van der Waals surface area contributed by atoms with Crippen molar-refractivity contribution in [3.8, 4) is 0 Å². The summed E-state index contributed by atoms with van der Waals surface area (Å²) in [5.74, 6) is 0. The van der Waals surface area contributed by atoms with Gasteiger partial charge in [-0.2, -0.15) is 17.7 Å². The monoisotopic (exact) mass is 339 g/mol. The maximum atomic E-state index is 3.80. The molecule has 0 radical (unpaired) electrons. The minimum atomic E-state index is 0. The summed E-state index contributed by atoms with van der Waals surface area (Å²) in [6, 6.07) is 8.15. The molecule has 0 saturated heterocycles. The molecule has 2 aromatic rings. The molecule has 1 aliphatic carbocycles. The van der Waals surface area contributed by atoms with Crippen LogP contribution in [0.2, 0.25) is 0 Å². The van der Waals surface area contributed by atoms with Crippen LogP contribution in [0.1, 0.15) is 11.1 Å². The molecular weight excluding hydrogens is 325 g/mol. The molecule has 1 heterocycles. The molecule has 0 amide bonds. The largest absolute Gasteiger partial charge is 4.00 e. The molecule has 0 unspecified atom stereocenters. The van der Waals surface area contributed by atoms with E-state index >= 15 is 0 Å². The van der Waals surface area contributed by atoms with Crippen LogP contribution in [0.15, 0.2) is 42.6 Å². The third-order valence-corrected chi connectivity index (χ3v) is 2.73. The zero-order valence-electron chi connectivity index (χ0n) is 11.4. The van der Waals surface area contributed by atoms with Crippen LogP contribution in [-0.4, -0.2) is 4.98 Å². The molecule has 1 aromatic heterocycles. The van der Waals surface area contributed by atoms with Crippen molar-refractivity contribution in [2.45, 2.75) is 13.8 Å². The second kappa shape index (κ2) is 10.1. The number of rotatable bonds is 0. The van der Waals surface area contributed by atoms with E-state index in [9.17, 15) is 0 Å². The first kappa shape index (κ1) is 21.6. The molecule has 102 valence electrons. The second-order valence-electron chi connectivity index (χ2n) is 4.10. The van der Waals surface area contributed by atoms with E-state index in [-0.39, 0.29) is 46.5 Å². The molecule has 0 saturated carbocycles. The Morgan fingerprint density at radius 3 is 2.20 bits per heavy atom. The van der Waals surface area contributed by atoms with Crippen LogP contribution in [0.4, 0.5) is 0 Å². The molecule has 1 N–H and O–H groups in total. The number of aromatic nitrogens is 1. The Hall–Kier alpha value is -0.726. The molecular formula is C16H15Cl2NTi. The van der Waals surface area contributed by atoms with E-state index in [0.29, 0.717) is 0 Å². The van der Waals surface area contributed by atoms with E-state index in [1.54, 1.807) is 0 Å². The van der Waals surface area contributed by atoms with Crippen molar-refractivity contribution in [1.29, 1.82) is 0 Å². The average Bonchev–Trinajstić information content (AvgIpc) is 2.85. The summed E-state index contributed by atoms with van der Waals surface area (Å²) in [5.41, 5.74) is 3.46. The first-order valence-electron chi connectivity index (χ1n) is 5.59. The van der Waals surface area contributed by atoms with Gasteiger partial charge in [0.25, 0.3) is 0 Å². The Kier molecular flexibility index (Phi) is 10.9. The van der Waals surface area contributed by atoms with E-state index in [1.807, 2.05) is 37.4 Å². The minimum Gasteiger partial charge on any atom is -1.00 e. The van der Waals surface area contributed by atoms with Gasteiger partial charge in [-0.15, -0.1) is 46.6 Å². The number of nitrogens with one attached hydrogen (secondary N) is 1. The third-order valence-electron chi connectivity index (χ3n) is 2.73. The van der Waals surface area contributed by atoms with Gasteiger partial charge in [-0.3, -0.25) is 0 Å². The molecule has 1 aromatic carbocycles. The molecule has 0 spiro atoms. The molecule has 0 bridgehead atoms. The van der Waals surface area contributed by atoms with E-state index in [0.717, 1.165) is 10.8 Å². The maximum Gasteiger partial charge on any atom is 4.00 e. The van der Waals surface area contributed by atoms with Crippen molar-refractivity contribution in [3.63, 3.8) is 0 Å². The van der Waals surface area contributed by atoms with Gasteiger partial charge in [-0.05, 0) is 0 Å². The van der Waals surface area contributed by atoms with Crippen molar-refractivity contribution in [2.75, 3.05) is 0 Å². The molecule has 0 atom stereocenters. The summed E-state index contributed by atoms with van der Waals surface area (Å²) >= 11 is 0. The zero-order chi connectivity index (χ0) is 12.3. The standard InChI is InChI=1S/C10H7.C6H8N.2ClH.Ti/c1-8-6-9-4-2-3-5-10(9)7-8;1-5-3-7-4-6(5)2;;;/h2-6H,1H2;3,7H,1-2H3;2*1H;/q2*-1;;;+4/p-2. The smallest absolute Gasteiger partial charge is 1.00 e. The fraction of sp³-hybridized carbons (Fsp3) is 0.125.